The number of likely N-dealkylation sites (tertiary alicyclic amines) is 1. The van der Waals surface area contributed by atoms with E-state index < -0.39 is 23.4 Å². The number of rotatable bonds is 5. The molecule has 2 heterocycles. The monoisotopic (exact) mass is 349 g/mol. The van der Waals surface area contributed by atoms with Crippen LogP contribution in [-0.2, 0) is 17.6 Å². The fraction of sp³-hybridized carbons (Fsp3) is 0.733. The van der Waals surface area contributed by atoms with E-state index in [0.717, 1.165) is 23.7 Å². The quantitative estimate of drug-likeness (QED) is 0.825. The number of carbonyl (C=O) groups excluding carboxylic acids is 1. The van der Waals surface area contributed by atoms with E-state index in [2.05, 4.69) is 9.84 Å². The van der Waals surface area contributed by atoms with Crippen LogP contribution in [0.5, 0.6) is 0 Å². The Morgan fingerprint density at radius 2 is 2.08 bits per heavy atom. The first-order valence-corrected chi connectivity index (χ1v) is 7.94. The molecule has 2 rings (SSSR count). The number of aromatic nitrogens is 2. The van der Waals surface area contributed by atoms with Gasteiger partial charge in [0.1, 0.15) is 5.56 Å². The molecule has 1 fully saturated rings. The van der Waals surface area contributed by atoms with E-state index in [4.69, 9.17) is 0 Å². The number of carbonyl (C=O) groups is 1. The maximum atomic E-state index is 13.1. The third-order valence-corrected chi connectivity index (χ3v) is 4.18. The zero-order chi connectivity index (χ0) is 17.9. The predicted octanol–water partition coefficient (Wildman–Crippen LogP) is 2.13. The van der Waals surface area contributed by atoms with Gasteiger partial charge in [0.25, 0.3) is 0 Å². The van der Waals surface area contributed by atoms with Gasteiger partial charge in [-0.15, -0.1) is 0 Å². The molecule has 1 aromatic heterocycles. The van der Waals surface area contributed by atoms with E-state index in [0.29, 0.717) is 13.1 Å². The molecule has 24 heavy (non-hydrogen) atoms. The Hall–Kier alpha value is -1.61. The van der Waals surface area contributed by atoms with Crippen molar-refractivity contribution in [2.24, 2.45) is 5.92 Å². The summed E-state index contributed by atoms with van der Waals surface area (Å²) >= 11 is 0. The first-order valence-electron chi connectivity index (χ1n) is 7.94. The van der Waals surface area contributed by atoms with Crippen LogP contribution in [0, 0.1) is 5.92 Å². The molecule has 0 radical (unpaired) electrons. The molecule has 9 heteroatoms. The van der Waals surface area contributed by atoms with Crippen LogP contribution in [0.3, 0.4) is 0 Å². The summed E-state index contributed by atoms with van der Waals surface area (Å²) in [4.78, 5) is 13.7. The second kappa shape index (κ2) is 7.52. The maximum absolute atomic E-state index is 13.1. The van der Waals surface area contributed by atoms with Gasteiger partial charge >= 0.3 is 12.1 Å². The summed E-state index contributed by atoms with van der Waals surface area (Å²) in [6, 6.07) is 0. The number of nitrogens with zero attached hydrogens (tertiary/aromatic N) is 3. The topological polar surface area (TPSA) is 67.6 Å². The third kappa shape index (κ3) is 4.47. The van der Waals surface area contributed by atoms with Crippen LogP contribution < -0.4 is 0 Å². The number of esters is 1. The standard InChI is InChI=1S/C15H22F3N3O3/c1-3-24-14(23)12-8-21(19-13(12)15(16,17)18)9-20-6-4-11(5-7-20)10(2)22/h8,10-11,22H,3-7,9H2,1-2H3. The summed E-state index contributed by atoms with van der Waals surface area (Å²) in [5, 5.41) is 13.1. The van der Waals surface area contributed by atoms with Crippen LogP contribution in [0.4, 0.5) is 13.2 Å². The fourth-order valence-electron chi connectivity index (χ4n) is 2.84. The molecule has 0 aromatic carbocycles. The minimum atomic E-state index is -4.72. The molecular weight excluding hydrogens is 327 g/mol. The van der Waals surface area contributed by atoms with Crippen molar-refractivity contribution >= 4 is 5.97 Å². The molecule has 1 aliphatic rings. The van der Waals surface area contributed by atoms with Gasteiger partial charge in [-0.2, -0.15) is 18.3 Å². The molecule has 1 aliphatic heterocycles. The number of ether oxygens (including phenoxy) is 1. The Kier molecular flexibility index (Phi) is 5.87. The Morgan fingerprint density at radius 1 is 1.46 bits per heavy atom. The Balaban J connectivity index is 2.10. The smallest absolute Gasteiger partial charge is 0.436 e. The normalized spacial score (nSPS) is 18.6. The van der Waals surface area contributed by atoms with E-state index >= 15 is 0 Å². The van der Waals surface area contributed by atoms with E-state index in [9.17, 15) is 23.1 Å². The van der Waals surface area contributed by atoms with Gasteiger partial charge in [-0.25, -0.2) is 4.79 Å². The molecule has 1 aromatic rings. The highest BCUT2D eigenvalue weighted by Gasteiger charge is 2.40. The van der Waals surface area contributed by atoms with Gasteiger partial charge in [-0.05, 0) is 32.6 Å². The van der Waals surface area contributed by atoms with E-state index in [1.165, 1.54) is 6.92 Å². The lowest BCUT2D eigenvalue weighted by Crippen LogP contribution is -2.38. The molecule has 0 spiro atoms. The summed E-state index contributed by atoms with van der Waals surface area (Å²) in [5.74, 6) is -0.816. The van der Waals surface area contributed by atoms with Crippen molar-refractivity contribution in [2.45, 2.75) is 45.6 Å². The zero-order valence-electron chi connectivity index (χ0n) is 13.7. The van der Waals surface area contributed by atoms with Gasteiger partial charge in [0.05, 0.1) is 19.4 Å². The minimum Gasteiger partial charge on any atom is -0.462 e. The minimum absolute atomic E-state index is 0.00579. The summed E-state index contributed by atoms with van der Waals surface area (Å²) in [6.45, 7) is 4.75. The van der Waals surface area contributed by atoms with Crippen molar-refractivity contribution in [2.75, 3.05) is 19.7 Å². The van der Waals surface area contributed by atoms with E-state index in [-0.39, 0.29) is 25.3 Å². The van der Waals surface area contributed by atoms with Gasteiger partial charge < -0.3 is 9.84 Å². The Bertz CT molecular complexity index is 564. The molecule has 1 unspecified atom stereocenters. The van der Waals surface area contributed by atoms with Crippen molar-refractivity contribution < 1.29 is 27.8 Å². The van der Waals surface area contributed by atoms with Crippen molar-refractivity contribution in [3.05, 3.63) is 17.5 Å². The van der Waals surface area contributed by atoms with Crippen LogP contribution in [-0.4, -0.2) is 51.6 Å². The molecule has 0 saturated carbocycles. The highest BCUT2D eigenvalue weighted by molar-refractivity contribution is 5.90. The summed E-state index contributed by atoms with van der Waals surface area (Å²) in [5.41, 5.74) is -1.79. The molecule has 1 N–H and O–H groups in total. The molecule has 0 bridgehead atoms. The first-order chi connectivity index (χ1) is 11.2. The van der Waals surface area contributed by atoms with E-state index in [1.54, 1.807) is 6.92 Å². The lowest BCUT2D eigenvalue weighted by molar-refractivity contribution is -0.142. The predicted molar refractivity (Wildman–Crippen MR) is 79.2 cm³/mol. The fourth-order valence-corrected chi connectivity index (χ4v) is 2.84. The Morgan fingerprint density at radius 3 is 2.58 bits per heavy atom. The number of piperidine rings is 1. The third-order valence-electron chi connectivity index (χ3n) is 4.18. The molecule has 0 aliphatic carbocycles. The van der Waals surface area contributed by atoms with E-state index in [1.807, 2.05) is 4.90 Å². The molecule has 0 amide bonds. The number of aliphatic hydroxyl groups is 1. The van der Waals surface area contributed by atoms with Crippen LogP contribution in [0.2, 0.25) is 0 Å². The number of hydrogen-bond acceptors (Lipinski definition) is 5. The lowest BCUT2D eigenvalue weighted by atomic mass is 9.92. The van der Waals surface area contributed by atoms with Crippen LogP contribution in [0.1, 0.15) is 42.7 Å². The average molecular weight is 349 g/mol. The highest BCUT2D eigenvalue weighted by Crippen LogP contribution is 2.31. The SMILES string of the molecule is CCOC(=O)c1cn(CN2CCC(C(C)O)CC2)nc1C(F)(F)F. The zero-order valence-corrected chi connectivity index (χ0v) is 13.7. The number of alkyl halides is 3. The Labute approximate surface area is 138 Å². The van der Waals surface area contributed by atoms with Gasteiger partial charge in [0.15, 0.2) is 5.69 Å². The van der Waals surface area contributed by atoms with Crippen molar-refractivity contribution in [3.8, 4) is 0 Å². The van der Waals surface area contributed by atoms with Crippen LogP contribution in [0.15, 0.2) is 6.20 Å². The number of hydrogen-bond donors (Lipinski definition) is 1. The molecule has 1 atom stereocenters. The lowest BCUT2D eigenvalue weighted by Gasteiger charge is -2.32. The van der Waals surface area contributed by atoms with Gasteiger partial charge in [0.2, 0.25) is 0 Å². The molecule has 6 nitrogen and oxygen atoms in total. The average Bonchev–Trinajstić information content (AvgIpc) is 2.92. The summed E-state index contributed by atoms with van der Waals surface area (Å²) in [6.07, 6.45) is -2.47. The summed E-state index contributed by atoms with van der Waals surface area (Å²) < 4.78 is 45.0. The van der Waals surface area contributed by atoms with Crippen molar-refractivity contribution in [1.29, 1.82) is 0 Å². The second-order valence-corrected chi connectivity index (χ2v) is 5.99. The molecule has 136 valence electrons. The number of aliphatic hydroxyl groups excluding tert-OH is 1. The van der Waals surface area contributed by atoms with Gasteiger partial charge in [-0.1, -0.05) is 0 Å². The molecule has 1 saturated heterocycles. The maximum Gasteiger partial charge on any atom is 0.436 e. The van der Waals surface area contributed by atoms with Crippen molar-refractivity contribution in [3.63, 3.8) is 0 Å². The first kappa shape index (κ1) is 18.7. The highest BCUT2D eigenvalue weighted by atomic mass is 19.4. The van der Waals surface area contributed by atoms with Gasteiger partial charge in [0, 0.05) is 19.3 Å². The largest absolute Gasteiger partial charge is 0.462 e. The second-order valence-electron chi connectivity index (χ2n) is 5.99. The van der Waals surface area contributed by atoms with Gasteiger partial charge in [-0.3, -0.25) is 9.58 Å². The van der Waals surface area contributed by atoms with Crippen LogP contribution in [0.25, 0.3) is 0 Å². The van der Waals surface area contributed by atoms with Crippen LogP contribution >= 0.6 is 0 Å². The number of halogens is 3. The molecular formula is C15H22F3N3O3. The summed E-state index contributed by atoms with van der Waals surface area (Å²) in [7, 11) is 0. The van der Waals surface area contributed by atoms with Crippen molar-refractivity contribution in [1.82, 2.24) is 14.7 Å².